The van der Waals surface area contributed by atoms with E-state index in [1.54, 1.807) is 25.1 Å². The fraction of sp³-hybridized carbons (Fsp3) is 0.500. The molecule has 96 valence electrons. The van der Waals surface area contributed by atoms with Crippen molar-refractivity contribution in [1.29, 1.82) is 0 Å². The van der Waals surface area contributed by atoms with Crippen LogP contribution in [0.1, 0.15) is 30.6 Å². The molecule has 0 aliphatic rings. The van der Waals surface area contributed by atoms with Crippen molar-refractivity contribution in [3.8, 4) is 5.75 Å². The summed E-state index contributed by atoms with van der Waals surface area (Å²) >= 11 is 0. The van der Waals surface area contributed by atoms with Crippen LogP contribution in [0.25, 0.3) is 0 Å². The molecule has 0 saturated carbocycles. The van der Waals surface area contributed by atoms with Gasteiger partial charge in [-0.3, -0.25) is 0 Å². The second-order valence-electron chi connectivity index (χ2n) is 3.93. The molecule has 0 fully saturated rings. The Balaban J connectivity index is 2.70. The van der Waals surface area contributed by atoms with Crippen LogP contribution in [0, 0.1) is 6.92 Å². The number of alkyl halides is 3. The third-order valence-corrected chi connectivity index (χ3v) is 2.26. The van der Waals surface area contributed by atoms with Crippen molar-refractivity contribution in [3.63, 3.8) is 0 Å². The van der Waals surface area contributed by atoms with Crippen LogP contribution in [0.3, 0.4) is 0 Å². The van der Waals surface area contributed by atoms with Gasteiger partial charge in [0, 0.05) is 5.56 Å². The molecule has 1 atom stereocenters. The maximum Gasteiger partial charge on any atom is 0.392 e. The number of aliphatic hydroxyl groups is 1. The number of aryl methyl sites for hydroxylation is 1. The Bertz CT molecular complexity index is 373. The van der Waals surface area contributed by atoms with Gasteiger partial charge in [0.25, 0.3) is 0 Å². The van der Waals surface area contributed by atoms with Gasteiger partial charge in [-0.05, 0) is 26.0 Å². The molecule has 0 saturated heterocycles. The van der Waals surface area contributed by atoms with Crippen LogP contribution in [0.15, 0.2) is 18.2 Å². The van der Waals surface area contributed by atoms with Crippen molar-refractivity contribution in [3.05, 3.63) is 29.3 Å². The van der Waals surface area contributed by atoms with Crippen LogP contribution in [-0.4, -0.2) is 17.9 Å². The first kappa shape index (κ1) is 13.8. The van der Waals surface area contributed by atoms with E-state index < -0.39 is 25.3 Å². The van der Waals surface area contributed by atoms with E-state index >= 15 is 0 Å². The zero-order chi connectivity index (χ0) is 13.1. The topological polar surface area (TPSA) is 29.5 Å². The Morgan fingerprint density at radius 3 is 2.53 bits per heavy atom. The van der Waals surface area contributed by atoms with Gasteiger partial charge in [-0.25, -0.2) is 0 Å². The molecule has 0 amide bonds. The largest absolute Gasteiger partial charge is 0.493 e. The predicted octanol–water partition coefficient (Wildman–Crippen LogP) is 3.38. The minimum atomic E-state index is -4.23. The summed E-state index contributed by atoms with van der Waals surface area (Å²) in [5, 5.41) is 9.49. The SMILES string of the molecule is Cc1ccc(OCCC(F)(F)F)c(C(C)O)c1. The molecule has 1 N–H and O–H groups in total. The fourth-order valence-electron chi connectivity index (χ4n) is 1.40. The molecule has 0 aliphatic carbocycles. The molecule has 0 radical (unpaired) electrons. The average Bonchev–Trinajstić information content (AvgIpc) is 2.18. The highest BCUT2D eigenvalue weighted by molar-refractivity contribution is 5.38. The molecule has 1 rings (SSSR count). The molecule has 0 spiro atoms. The molecule has 0 bridgehead atoms. The minimum Gasteiger partial charge on any atom is -0.493 e. The molecule has 17 heavy (non-hydrogen) atoms. The van der Waals surface area contributed by atoms with Gasteiger partial charge in [0.15, 0.2) is 0 Å². The van der Waals surface area contributed by atoms with E-state index in [1.165, 1.54) is 0 Å². The van der Waals surface area contributed by atoms with Gasteiger partial charge in [-0.1, -0.05) is 11.6 Å². The second kappa shape index (κ2) is 5.40. The van der Waals surface area contributed by atoms with E-state index in [0.717, 1.165) is 5.56 Å². The summed E-state index contributed by atoms with van der Waals surface area (Å²) in [7, 11) is 0. The molecule has 1 unspecified atom stereocenters. The number of hydrogen-bond donors (Lipinski definition) is 1. The monoisotopic (exact) mass is 248 g/mol. The van der Waals surface area contributed by atoms with Crippen molar-refractivity contribution in [2.24, 2.45) is 0 Å². The molecule has 0 aliphatic heterocycles. The fourth-order valence-corrected chi connectivity index (χ4v) is 1.40. The van der Waals surface area contributed by atoms with Gasteiger partial charge in [0.2, 0.25) is 0 Å². The summed E-state index contributed by atoms with van der Waals surface area (Å²) in [4.78, 5) is 0. The number of ether oxygens (including phenoxy) is 1. The van der Waals surface area contributed by atoms with Crippen LogP contribution < -0.4 is 4.74 Å². The van der Waals surface area contributed by atoms with Gasteiger partial charge in [0.1, 0.15) is 5.75 Å². The average molecular weight is 248 g/mol. The van der Waals surface area contributed by atoms with Crippen LogP contribution in [0.5, 0.6) is 5.75 Å². The molecule has 2 nitrogen and oxygen atoms in total. The molecule has 1 aromatic carbocycles. The summed E-state index contributed by atoms with van der Waals surface area (Å²) in [6, 6.07) is 5.01. The Morgan fingerprint density at radius 1 is 1.35 bits per heavy atom. The van der Waals surface area contributed by atoms with Crippen molar-refractivity contribution in [2.75, 3.05) is 6.61 Å². The lowest BCUT2D eigenvalue weighted by Crippen LogP contribution is -2.13. The van der Waals surface area contributed by atoms with E-state index in [9.17, 15) is 18.3 Å². The highest BCUT2D eigenvalue weighted by Gasteiger charge is 2.27. The standard InChI is InChI=1S/C12H15F3O2/c1-8-3-4-11(10(7-8)9(2)16)17-6-5-12(13,14)15/h3-4,7,9,16H,5-6H2,1-2H3. The van der Waals surface area contributed by atoms with Crippen molar-refractivity contribution >= 4 is 0 Å². The zero-order valence-electron chi connectivity index (χ0n) is 9.71. The normalized spacial score (nSPS) is 13.5. The Hall–Kier alpha value is -1.23. The molecular formula is C12H15F3O2. The number of rotatable bonds is 4. The predicted molar refractivity (Wildman–Crippen MR) is 58.0 cm³/mol. The van der Waals surface area contributed by atoms with Crippen LogP contribution in [0.4, 0.5) is 13.2 Å². The Kier molecular flexibility index (Phi) is 4.40. The maximum absolute atomic E-state index is 12.0. The van der Waals surface area contributed by atoms with Gasteiger partial charge in [-0.15, -0.1) is 0 Å². The first-order chi connectivity index (χ1) is 7.79. The van der Waals surface area contributed by atoms with Crippen LogP contribution in [0.2, 0.25) is 0 Å². The van der Waals surface area contributed by atoms with Crippen molar-refractivity contribution in [2.45, 2.75) is 32.5 Å². The van der Waals surface area contributed by atoms with Crippen LogP contribution >= 0.6 is 0 Å². The molecule has 0 heterocycles. The van der Waals surface area contributed by atoms with E-state index in [-0.39, 0.29) is 0 Å². The third kappa shape index (κ3) is 4.65. The number of halogens is 3. The first-order valence-corrected chi connectivity index (χ1v) is 5.28. The summed E-state index contributed by atoms with van der Waals surface area (Å²) in [5.74, 6) is 0.301. The summed E-state index contributed by atoms with van der Waals surface area (Å²) in [6.45, 7) is 2.95. The number of aliphatic hydroxyl groups excluding tert-OH is 1. The zero-order valence-corrected chi connectivity index (χ0v) is 9.71. The molecule has 1 aromatic rings. The van der Waals surface area contributed by atoms with Crippen LogP contribution in [-0.2, 0) is 0 Å². The van der Waals surface area contributed by atoms with Gasteiger partial charge >= 0.3 is 6.18 Å². The summed E-state index contributed by atoms with van der Waals surface area (Å²) in [6.07, 6.45) is -5.99. The molecule has 0 aromatic heterocycles. The highest BCUT2D eigenvalue weighted by atomic mass is 19.4. The smallest absolute Gasteiger partial charge is 0.392 e. The molecular weight excluding hydrogens is 233 g/mol. The van der Waals surface area contributed by atoms with E-state index in [0.29, 0.717) is 11.3 Å². The van der Waals surface area contributed by atoms with E-state index in [2.05, 4.69) is 0 Å². The van der Waals surface area contributed by atoms with E-state index in [1.807, 2.05) is 6.92 Å². The highest BCUT2D eigenvalue weighted by Crippen LogP contribution is 2.27. The quantitative estimate of drug-likeness (QED) is 0.885. The van der Waals surface area contributed by atoms with Gasteiger partial charge in [0.05, 0.1) is 19.1 Å². The molecule has 5 heteroatoms. The first-order valence-electron chi connectivity index (χ1n) is 5.28. The van der Waals surface area contributed by atoms with Gasteiger partial charge < -0.3 is 9.84 Å². The van der Waals surface area contributed by atoms with Crippen molar-refractivity contribution in [1.82, 2.24) is 0 Å². The Labute approximate surface area is 98.0 Å². The number of hydrogen-bond acceptors (Lipinski definition) is 2. The van der Waals surface area contributed by atoms with Gasteiger partial charge in [-0.2, -0.15) is 13.2 Å². The van der Waals surface area contributed by atoms with E-state index in [4.69, 9.17) is 4.74 Å². The summed E-state index contributed by atoms with van der Waals surface area (Å²) < 4.78 is 40.9. The third-order valence-electron chi connectivity index (χ3n) is 2.26. The maximum atomic E-state index is 12.0. The number of benzene rings is 1. The second-order valence-corrected chi connectivity index (χ2v) is 3.93. The summed E-state index contributed by atoms with van der Waals surface area (Å²) in [5.41, 5.74) is 1.43. The Morgan fingerprint density at radius 2 is 2.00 bits per heavy atom. The lowest BCUT2D eigenvalue weighted by atomic mass is 10.1. The lowest BCUT2D eigenvalue weighted by Gasteiger charge is -2.14. The lowest BCUT2D eigenvalue weighted by molar-refractivity contribution is -0.139. The minimum absolute atomic E-state index is 0.301. The van der Waals surface area contributed by atoms with Crippen molar-refractivity contribution < 1.29 is 23.0 Å².